The summed E-state index contributed by atoms with van der Waals surface area (Å²) in [5.41, 5.74) is 2.19. The number of hydrogen-bond donors (Lipinski definition) is 1. The van der Waals surface area contributed by atoms with Crippen LogP contribution in [-0.2, 0) is 17.1 Å². The Morgan fingerprint density at radius 1 is 1.17 bits per heavy atom. The third kappa shape index (κ3) is 5.12. The Kier molecular flexibility index (Phi) is 7.16. The molecule has 1 aliphatic carbocycles. The molecule has 0 saturated heterocycles. The molecule has 35 heavy (non-hydrogen) atoms. The molecule has 1 N–H and O–H groups in total. The number of nitrogens with one attached hydrogen (secondary N) is 1. The Bertz CT molecular complexity index is 1480. The molecule has 0 atom stereocenters. The first kappa shape index (κ1) is 23.6. The van der Waals surface area contributed by atoms with E-state index in [-0.39, 0.29) is 11.5 Å². The van der Waals surface area contributed by atoms with Gasteiger partial charge in [-0.15, -0.1) is 11.3 Å². The molecule has 1 aliphatic rings. The summed E-state index contributed by atoms with van der Waals surface area (Å²) < 4.78 is 3.38. The van der Waals surface area contributed by atoms with E-state index in [1.54, 1.807) is 10.6 Å². The van der Waals surface area contributed by atoms with Crippen molar-refractivity contribution in [3.05, 3.63) is 70.0 Å². The number of amides is 1. The molecule has 0 unspecified atom stereocenters. The van der Waals surface area contributed by atoms with Crippen molar-refractivity contribution in [2.75, 3.05) is 0 Å². The van der Waals surface area contributed by atoms with Crippen molar-refractivity contribution in [3.8, 4) is 6.07 Å². The number of hydrogen-bond acceptors (Lipinski definition) is 6. The van der Waals surface area contributed by atoms with E-state index in [9.17, 15) is 14.9 Å². The summed E-state index contributed by atoms with van der Waals surface area (Å²) in [4.78, 5) is 30.9. The van der Waals surface area contributed by atoms with Crippen LogP contribution in [0.2, 0.25) is 0 Å². The van der Waals surface area contributed by atoms with Gasteiger partial charge in [0.15, 0.2) is 5.16 Å². The summed E-state index contributed by atoms with van der Waals surface area (Å²) in [6.45, 7) is 0.427. The van der Waals surface area contributed by atoms with Crippen molar-refractivity contribution in [3.63, 3.8) is 0 Å². The maximum absolute atomic E-state index is 13.6. The number of benzene rings is 2. The lowest BCUT2D eigenvalue weighted by molar-refractivity contribution is -0.121. The van der Waals surface area contributed by atoms with E-state index in [0.29, 0.717) is 46.6 Å². The fourth-order valence-electron chi connectivity index (χ4n) is 4.63. The number of nitriles is 1. The number of fused-ring (bicyclic) bond motifs is 3. The summed E-state index contributed by atoms with van der Waals surface area (Å²) in [5, 5.41) is 14.2. The zero-order valence-electron chi connectivity index (χ0n) is 19.3. The highest BCUT2D eigenvalue weighted by atomic mass is 32.2. The second kappa shape index (κ2) is 10.6. The van der Waals surface area contributed by atoms with Gasteiger partial charge < -0.3 is 5.32 Å². The van der Waals surface area contributed by atoms with E-state index in [2.05, 4.69) is 11.4 Å². The first-order valence-electron chi connectivity index (χ1n) is 12.0. The Morgan fingerprint density at radius 3 is 2.77 bits per heavy atom. The predicted molar refractivity (Wildman–Crippen MR) is 142 cm³/mol. The van der Waals surface area contributed by atoms with Crippen LogP contribution in [0.3, 0.4) is 0 Å². The second-order valence-electron chi connectivity index (χ2n) is 8.84. The quantitative estimate of drug-likeness (QED) is 0.250. The fraction of sp³-hybridized carbons (Fsp3) is 0.333. The first-order valence-corrected chi connectivity index (χ1v) is 13.8. The molecule has 4 aromatic rings. The van der Waals surface area contributed by atoms with Gasteiger partial charge in [0.05, 0.1) is 17.1 Å². The van der Waals surface area contributed by atoms with Crippen LogP contribution in [0.25, 0.3) is 20.3 Å². The molecule has 0 spiro atoms. The summed E-state index contributed by atoms with van der Waals surface area (Å²) in [6, 6.07) is 18.0. The standard InChI is InChI=1S/C27H26N4O2S2/c28-16-18-8-1-2-9-19(18)17-34-27-30-24-21-12-5-6-13-22(21)35-25(24)26(33)31(27)15-7-14-23(32)29-20-10-3-4-11-20/h1-2,5-6,8-9,12-13,20H,3-4,7,10-11,14-15,17H2,(H,29,32). The van der Waals surface area contributed by atoms with Crippen LogP contribution in [0.15, 0.2) is 58.5 Å². The smallest absolute Gasteiger partial charge is 0.272 e. The maximum atomic E-state index is 13.6. The molecule has 0 bridgehead atoms. The number of carbonyl (C=O) groups is 1. The zero-order valence-corrected chi connectivity index (χ0v) is 21.0. The van der Waals surface area contributed by atoms with E-state index in [4.69, 9.17) is 4.98 Å². The summed E-state index contributed by atoms with van der Waals surface area (Å²) in [7, 11) is 0. The zero-order chi connectivity index (χ0) is 24.2. The van der Waals surface area contributed by atoms with Crippen LogP contribution in [0.5, 0.6) is 0 Å². The Hall–Kier alpha value is -3.15. The minimum absolute atomic E-state index is 0.0537. The average Bonchev–Trinajstić information content (AvgIpc) is 3.52. The van der Waals surface area contributed by atoms with Crippen molar-refractivity contribution < 1.29 is 4.79 Å². The third-order valence-electron chi connectivity index (χ3n) is 6.45. The number of nitrogens with zero attached hydrogens (tertiary/aromatic N) is 3. The highest BCUT2D eigenvalue weighted by Gasteiger charge is 2.19. The normalized spacial score (nSPS) is 13.9. The number of thiophene rings is 1. The van der Waals surface area contributed by atoms with Crippen molar-refractivity contribution in [1.29, 1.82) is 5.26 Å². The van der Waals surface area contributed by atoms with E-state index in [1.165, 1.54) is 35.9 Å². The molecule has 2 aromatic carbocycles. The minimum atomic E-state index is -0.0662. The average molecular weight is 503 g/mol. The van der Waals surface area contributed by atoms with Crippen LogP contribution in [0.1, 0.15) is 49.7 Å². The molecule has 5 rings (SSSR count). The molecule has 6 nitrogen and oxygen atoms in total. The van der Waals surface area contributed by atoms with E-state index in [1.807, 2.05) is 42.5 Å². The number of aromatic nitrogens is 2. The molecule has 8 heteroatoms. The summed E-state index contributed by atoms with van der Waals surface area (Å²) in [5.74, 6) is 0.587. The lowest BCUT2D eigenvalue weighted by atomic mass is 10.1. The molecule has 2 heterocycles. The Morgan fingerprint density at radius 2 is 1.94 bits per heavy atom. The first-order chi connectivity index (χ1) is 17.1. The van der Waals surface area contributed by atoms with Gasteiger partial charge in [0.2, 0.25) is 5.91 Å². The minimum Gasteiger partial charge on any atom is -0.353 e. The van der Waals surface area contributed by atoms with Gasteiger partial charge in [-0.2, -0.15) is 5.26 Å². The predicted octanol–water partition coefficient (Wildman–Crippen LogP) is 5.61. The topological polar surface area (TPSA) is 87.8 Å². The van der Waals surface area contributed by atoms with E-state index >= 15 is 0 Å². The molecule has 1 fully saturated rings. The SMILES string of the molecule is N#Cc1ccccc1CSc1nc2c(sc3ccccc32)c(=O)n1CCCC(=O)NC1CCCC1. The fourth-order valence-corrected chi connectivity index (χ4v) is 6.74. The molecule has 2 aromatic heterocycles. The monoisotopic (exact) mass is 502 g/mol. The van der Waals surface area contributed by atoms with Crippen molar-refractivity contribution in [2.24, 2.45) is 0 Å². The summed E-state index contributed by atoms with van der Waals surface area (Å²) >= 11 is 2.93. The van der Waals surface area contributed by atoms with Crippen molar-refractivity contribution in [2.45, 2.75) is 62.0 Å². The second-order valence-corrected chi connectivity index (χ2v) is 10.8. The van der Waals surface area contributed by atoms with Crippen LogP contribution in [0.4, 0.5) is 0 Å². The molecule has 0 aliphatic heterocycles. The number of carbonyl (C=O) groups excluding carboxylic acids is 1. The van der Waals surface area contributed by atoms with Gasteiger partial charge in [-0.3, -0.25) is 14.2 Å². The lowest BCUT2D eigenvalue weighted by Crippen LogP contribution is -2.32. The van der Waals surface area contributed by atoms with Gasteiger partial charge in [-0.25, -0.2) is 4.98 Å². The van der Waals surface area contributed by atoms with Crippen LogP contribution >= 0.6 is 23.1 Å². The largest absolute Gasteiger partial charge is 0.353 e. The lowest BCUT2D eigenvalue weighted by Gasteiger charge is -2.14. The van der Waals surface area contributed by atoms with Crippen LogP contribution < -0.4 is 10.9 Å². The van der Waals surface area contributed by atoms with Gasteiger partial charge in [0.1, 0.15) is 4.70 Å². The third-order valence-corrected chi connectivity index (χ3v) is 8.62. The molecule has 0 radical (unpaired) electrons. The van der Waals surface area contributed by atoms with Crippen LogP contribution in [0, 0.1) is 11.3 Å². The van der Waals surface area contributed by atoms with Crippen LogP contribution in [-0.4, -0.2) is 21.5 Å². The van der Waals surface area contributed by atoms with Crippen molar-refractivity contribution in [1.82, 2.24) is 14.9 Å². The number of thioether (sulfide) groups is 1. The summed E-state index contributed by atoms with van der Waals surface area (Å²) in [6.07, 6.45) is 5.42. The van der Waals surface area contributed by atoms with Gasteiger partial charge in [-0.1, -0.05) is 61.0 Å². The van der Waals surface area contributed by atoms with Gasteiger partial charge in [0, 0.05) is 34.8 Å². The molecular formula is C27H26N4O2S2. The number of rotatable bonds is 8. The Balaban J connectivity index is 1.42. The highest BCUT2D eigenvalue weighted by Crippen LogP contribution is 2.32. The molecule has 1 amide bonds. The Labute approximate surface area is 212 Å². The maximum Gasteiger partial charge on any atom is 0.272 e. The van der Waals surface area contributed by atoms with Gasteiger partial charge >= 0.3 is 0 Å². The molecule has 178 valence electrons. The van der Waals surface area contributed by atoms with E-state index in [0.717, 1.165) is 34.0 Å². The van der Waals surface area contributed by atoms with Gasteiger partial charge in [0.25, 0.3) is 5.56 Å². The molecular weight excluding hydrogens is 476 g/mol. The van der Waals surface area contributed by atoms with Crippen molar-refractivity contribution >= 4 is 49.3 Å². The molecule has 1 saturated carbocycles. The van der Waals surface area contributed by atoms with E-state index < -0.39 is 0 Å². The highest BCUT2D eigenvalue weighted by molar-refractivity contribution is 7.98. The van der Waals surface area contributed by atoms with Gasteiger partial charge in [-0.05, 0) is 37.0 Å².